The Morgan fingerprint density at radius 2 is 1.33 bits per heavy atom. The van der Waals surface area contributed by atoms with Gasteiger partial charge in [-0.1, -0.05) is 24.3 Å². The van der Waals surface area contributed by atoms with Crippen LogP contribution in [0.2, 0.25) is 0 Å². The highest BCUT2D eigenvalue weighted by molar-refractivity contribution is 6.13. The van der Waals surface area contributed by atoms with E-state index in [2.05, 4.69) is 0 Å². The highest BCUT2D eigenvalue weighted by Crippen LogP contribution is 2.25. The molecule has 6 heteroatoms. The van der Waals surface area contributed by atoms with Crippen LogP contribution in [-0.2, 0) is 18.9 Å². The fourth-order valence-electron chi connectivity index (χ4n) is 2.50. The molecule has 0 saturated carbocycles. The zero-order valence-electron chi connectivity index (χ0n) is 12.9. The fourth-order valence-corrected chi connectivity index (χ4v) is 2.50. The second kappa shape index (κ2) is 6.22. The largest absolute Gasteiger partial charge is 0.459 e. The summed E-state index contributed by atoms with van der Waals surface area (Å²) in [5.41, 5.74) is 0.701. The Hall–Kier alpha value is -2.44. The lowest BCUT2D eigenvalue weighted by atomic mass is 9.99. The van der Waals surface area contributed by atoms with Crippen LogP contribution in [0.3, 0.4) is 0 Å². The van der Waals surface area contributed by atoms with Gasteiger partial charge in [-0.3, -0.25) is 0 Å². The molecule has 0 aliphatic carbocycles. The highest BCUT2D eigenvalue weighted by Gasteiger charge is 2.27. The Labute approximate surface area is 138 Å². The van der Waals surface area contributed by atoms with Crippen LogP contribution >= 0.6 is 0 Å². The molecule has 0 amide bonds. The van der Waals surface area contributed by atoms with Crippen LogP contribution < -0.4 is 0 Å². The molecule has 124 valence electrons. The van der Waals surface area contributed by atoms with Crippen molar-refractivity contribution in [2.45, 2.75) is 12.2 Å². The van der Waals surface area contributed by atoms with E-state index in [1.165, 1.54) is 0 Å². The zero-order valence-corrected chi connectivity index (χ0v) is 12.9. The van der Waals surface area contributed by atoms with E-state index in [0.29, 0.717) is 29.7 Å². The molecule has 2 aliphatic heterocycles. The number of hydrogen-bond donors (Lipinski definition) is 0. The number of rotatable bonds is 6. The first kappa shape index (κ1) is 15.1. The quantitative estimate of drug-likeness (QED) is 0.596. The van der Waals surface area contributed by atoms with E-state index in [9.17, 15) is 9.59 Å². The topological polar surface area (TPSA) is 77.7 Å². The predicted octanol–water partition coefficient (Wildman–Crippen LogP) is 1.95. The maximum absolute atomic E-state index is 12.4. The Kier molecular flexibility index (Phi) is 3.92. The fraction of sp³-hybridized carbons (Fsp3) is 0.333. The predicted molar refractivity (Wildman–Crippen MR) is 84.0 cm³/mol. The highest BCUT2D eigenvalue weighted by atomic mass is 16.6. The average Bonchev–Trinajstić information content (AvgIpc) is 3.50. The minimum Gasteiger partial charge on any atom is -0.459 e. The van der Waals surface area contributed by atoms with Crippen molar-refractivity contribution < 1.29 is 28.5 Å². The van der Waals surface area contributed by atoms with Crippen molar-refractivity contribution in [3.63, 3.8) is 0 Å². The minimum atomic E-state index is -0.470. The molecule has 2 fully saturated rings. The van der Waals surface area contributed by atoms with Gasteiger partial charge in [0.2, 0.25) is 0 Å². The molecule has 2 aliphatic rings. The number of carbonyl (C=O) groups excluding carboxylic acids is 2. The van der Waals surface area contributed by atoms with Crippen molar-refractivity contribution in [2.24, 2.45) is 0 Å². The molecule has 2 atom stereocenters. The molecule has 2 unspecified atom stereocenters. The van der Waals surface area contributed by atoms with Gasteiger partial charge in [-0.25, -0.2) is 9.59 Å². The summed E-state index contributed by atoms with van der Waals surface area (Å²) >= 11 is 0. The van der Waals surface area contributed by atoms with E-state index in [1.807, 2.05) is 12.1 Å². The molecule has 6 nitrogen and oxygen atoms in total. The van der Waals surface area contributed by atoms with Crippen LogP contribution in [0, 0.1) is 0 Å². The first-order valence-corrected chi connectivity index (χ1v) is 7.81. The van der Waals surface area contributed by atoms with Gasteiger partial charge < -0.3 is 18.9 Å². The van der Waals surface area contributed by atoms with E-state index in [4.69, 9.17) is 18.9 Å². The zero-order chi connectivity index (χ0) is 16.5. The lowest BCUT2D eigenvalue weighted by Crippen LogP contribution is -2.14. The normalized spacial score (nSPS) is 21.3. The van der Waals surface area contributed by atoms with E-state index in [-0.39, 0.29) is 25.4 Å². The average molecular weight is 328 g/mol. The molecule has 0 N–H and O–H groups in total. The Balaban J connectivity index is 1.64. The number of benzene rings is 2. The molecule has 2 aromatic carbocycles. The second-order valence-electron chi connectivity index (χ2n) is 5.82. The van der Waals surface area contributed by atoms with Gasteiger partial charge in [-0.15, -0.1) is 0 Å². The van der Waals surface area contributed by atoms with Crippen LogP contribution in [0.1, 0.15) is 20.7 Å². The number of esters is 2. The Morgan fingerprint density at radius 1 is 0.875 bits per heavy atom. The monoisotopic (exact) mass is 328 g/mol. The number of hydrogen-bond acceptors (Lipinski definition) is 6. The van der Waals surface area contributed by atoms with Gasteiger partial charge in [-0.2, -0.15) is 0 Å². The molecule has 2 saturated heterocycles. The van der Waals surface area contributed by atoms with Crippen molar-refractivity contribution >= 4 is 22.7 Å². The van der Waals surface area contributed by atoms with E-state index in [1.54, 1.807) is 24.3 Å². The maximum Gasteiger partial charge on any atom is 0.338 e. The van der Waals surface area contributed by atoms with Gasteiger partial charge in [0.15, 0.2) is 0 Å². The number of epoxide rings is 2. The van der Waals surface area contributed by atoms with Gasteiger partial charge >= 0.3 is 11.9 Å². The molecule has 0 bridgehead atoms. The standard InChI is InChI=1S/C18H16O6/c19-17(23-9-12-7-21-12)14-5-1-3-11-4-2-6-15(16(11)14)18(20)24-10-13-8-22-13/h1-6,12-13H,7-10H2. The van der Waals surface area contributed by atoms with Gasteiger partial charge in [0.05, 0.1) is 24.3 Å². The Bertz CT molecular complexity index is 728. The molecule has 4 rings (SSSR count). The van der Waals surface area contributed by atoms with Crippen LogP contribution in [0.15, 0.2) is 36.4 Å². The van der Waals surface area contributed by atoms with Crippen molar-refractivity contribution in [3.05, 3.63) is 47.5 Å². The minimum absolute atomic E-state index is 0.00750. The summed E-state index contributed by atoms with van der Waals surface area (Å²) in [6.07, 6.45) is -0.0150. The molecule has 24 heavy (non-hydrogen) atoms. The third kappa shape index (κ3) is 3.25. The van der Waals surface area contributed by atoms with Crippen molar-refractivity contribution in [1.82, 2.24) is 0 Å². The summed E-state index contributed by atoms with van der Waals surface area (Å²) in [7, 11) is 0. The maximum atomic E-state index is 12.4. The molecular weight excluding hydrogens is 312 g/mol. The van der Waals surface area contributed by atoms with E-state index < -0.39 is 11.9 Å². The first-order valence-electron chi connectivity index (χ1n) is 7.81. The SMILES string of the molecule is O=C(OCC1CO1)c1cccc2cccc(C(=O)OCC3CO3)c12. The second-order valence-corrected chi connectivity index (χ2v) is 5.82. The van der Waals surface area contributed by atoms with Gasteiger partial charge in [0.1, 0.15) is 25.4 Å². The summed E-state index contributed by atoms with van der Waals surface area (Å²) in [5, 5.41) is 1.33. The van der Waals surface area contributed by atoms with Crippen LogP contribution in [-0.4, -0.2) is 50.6 Å². The number of fused-ring (bicyclic) bond motifs is 1. The Morgan fingerprint density at radius 3 is 1.75 bits per heavy atom. The molecule has 2 aromatic rings. The molecule has 0 radical (unpaired) electrons. The summed E-state index contributed by atoms with van der Waals surface area (Å²) < 4.78 is 20.6. The summed E-state index contributed by atoms with van der Waals surface area (Å²) in [6.45, 7) is 1.68. The van der Waals surface area contributed by atoms with Crippen molar-refractivity contribution in [2.75, 3.05) is 26.4 Å². The van der Waals surface area contributed by atoms with Crippen LogP contribution in [0.25, 0.3) is 10.8 Å². The molecule has 0 spiro atoms. The van der Waals surface area contributed by atoms with Gasteiger partial charge in [0.25, 0.3) is 0 Å². The number of carbonyl (C=O) groups is 2. The van der Waals surface area contributed by atoms with Crippen molar-refractivity contribution in [1.29, 1.82) is 0 Å². The van der Waals surface area contributed by atoms with Crippen LogP contribution in [0.4, 0.5) is 0 Å². The van der Waals surface area contributed by atoms with E-state index in [0.717, 1.165) is 5.39 Å². The van der Waals surface area contributed by atoms with Gasteiger partial charge in [-0.05, 0) is 17.5 Å². The lowest BCUT2D eigenvalue weighted by Gasteiger charge is -2.11. The number of ether oxygens (including phenoxy) is 4. The first-order chi connectivity index (χ1) is 11.7. The van der Waals surface area contributed by atoms with E-state index >= 15 is 0 Å². The summed E-state index contributed by atoms with van der Waals surface area (Å²) in [5.74, 6) is -0.941. The lowest BCUT2D eigenvalue weighted by molar-refractivity contribution is 0.0478. The molecule has 2 heterocycles. The smallest absolute Gasteiger partial charge is 0.338 e. The van der Waals surface area contributed by atoms with Crippen molar-refractivity contribution in [3.8, 4) is 0 Å². The summed E-state index contributed by atoms with van der Waals surface area (Å²) in [6, 6.07) is 10.5. The van der Waals surface area contributed by atoms with Crippen LogP contribution in [0.5, 0.6) is 0 Å². The third-order valence-electron chi connectivity index (χ3n) is 3.95. The molecule has 0 aromatic heterocycles. The third-order valence-corrected chi connectivity index (χ3v) is 3.95. The van der Waals surface area contributed by atoms with Gasteiger partial charge in [0, 0.05) is 5.39 Å². The summed E-state index contributed by atoms with van der Waals surface area (Å²) in [4.78, 5) is 24.8. The molecular formula is C18H16O6.